The normalized spacial score (nSPS) is 36.2. The molecule has 4 nitrogen and oxygen atoms in total. The van der Waals surface area contributed by atoms with Gasteiger partial charge in [-0.2, -0.15) is 0 Å². The average Bonchev–Trinajstić information content (AvgIpc) is 3.37. The summed E-state index contributed by atoms with van der Waals surface area (Å²) in [4.78, 5) is 14.7. The second-order valence-electron chi connectivity index (χ2n) is 7.84. The van der Waals surface area contributed by atoms with Gasteiger partial charge < -0.3 is 5.11 Å². The summed E-state index contributed by atoms with van der Waals surface area (Å²) in [5.74, 6) is 0.597. The number of hydrogen-bond acceptors (Lipinski definition) is 3. The lowest BCUT2D eigenvalue weighted by molar-refractivity contribution is -0.147. The number of carbonyl (C=O) groups is 1. The first-order chi connectivity index (χ1) is 10.2. The van der Waals surface area contributed by atoms with Crippen LogP contribution in [-0.4, -0.2) is 46.7 Å². The van der Waals surface area contributed by atoms with Crippen molar-refractivity contribution in [3.63, 3.8) is 0 Å². The van der Waals surface area contributed by atoms with Crippen LogP contribution in [0.5, 0.6) is 0 Å². The summed E-state index contributed by atoms with van der Waals surface area (Å²) in [6.07, 6.45) is 11.1. The van der Waals surface area contributed by atoms with E-state index < -0.39 is 11.5 Å². The predicted octanol–water partition coefficient (Wildman–Crippen LogP) is 2.24. The number of carboxylic acids is 1. The lowest BCUT2D eigenvalue weighted by Crippen LogP contribution is -2.62. The highest BCUT2D eigenvalue weighted by Crippen LogP contribution is 2.44. The Morgan fingerprint density at radius 2 is 1.86 bits per heavy atom. The number of aliphatic carboxylic acids is 1. The summed E-state index contributed by atoms with van der Waals surface area (Å²) in [5, 5.41) is 13.5. The molecule has 118 valence electrons. The van der Waals surface area contributed by atoms with Crippen LogP contribution < -0.4 is 5.32 Å². The molecule has 0 aromatic rings. The monoisotopic (exact) mass is 292 g/mol. The zero-order chi connectivity index (χ0) is 14.4. The lowest BCUT2D eigenvalue weighted by Gasteiger charge is -2.39. The van der Waals surface area contributed by atoms with Crippen molar-refractivity contribution in [3.8, 4) is 0 Å². The topological polar surface area (TPSA) is 52.6 Å². The number of nitrogens with one attached hydrogen (secondary N) is 1. The highest BCUT2D eigenvalue weighted by molar-refractivity contribution is 5.80. The summed E-state index contributed by atoms with van der Waals surface area (Å²) in [7, 11) is 0. The number of rotatable bonds is 6. The minimum absolute atomic E-state index is 0.359. The predicted molar refractivity (Wildman–Crippen MR) is 81.2 cm³/mol. The smallest absolute Gasteiger partial charge is 0.325 e. The van der Waals surface area contributed by atoms with E-state index in [9.17, 15) is 9.90 Å². The molecule has 2 N–H and O–H groups in total. The van der Waals surface area contributed by atoms with Crippen LogP contribution in [0, 0.1) is 11.8 Å². The minimum atomic E-state index is -0.659. The molecule has 0 bridgehead atoms. The van der Waals surface area contributed by atoms with Crippen molar-refractivity contribution in [1.29, 1.82) is 0 Å². The number of likely N-dealkylation sites (tertiary alicyclic amines) is 1. The molecule has 3 aliphatic carbocycles. The zero-order valence-corrected chi connectivity index (χ0v) is 12.9. The molecule has 1 saturated heterocycles. The van der Waals surface area contributed by atoms with Gasteiger partial charge in [-0.25, -0.2) is 0 Å². The van der Waals surface area contributed by atoms with Gasteiger partial charge in [-0.05, 0) is 63.3 Å². The summed E-state index contributed by atoms with van der Waals surface area (Å²) in [6.45, 7) is 1.86. The Morgan fingerprint density at radius 3 is 2.52 bits per heavy atom. The molecular formula is C17H28N2O2. The fourth-order valence-corrected chi connectivity index (χ4v) is 4.78. The van der Waals surface area contributed by atoms with Crippen LogP contribution in [0.3, 0.4) is 0 Å². The van der Waals surface area contributed by atoms with E-state index in [1.807, 2.05) is 0 Å². The van der Waals surface area contributed by atoms with Crippen molar-refractivity contribution < 1.29 is 9.90 Å². The number of carboxylic acid groups (broad SMARTS) is 1. The van der Waals surface area contributed by atoms with E-state index in [1.165, 1.54) is 32.1 Å². The molecular weight excluding hydrogens is 264 g/mol. The number of nitrogens with zero attached hydrogens (tertiary/aromatic N) is 1. The molecule has 3 unspecified atom stereocenters. The molecule has 0 aromatic carbocycles. The van der Waals surface area contributed by atoms with Crippen LogP contribution in [0.4, 0.5) is 0 Å². The van der Waals surface area contributed by atoms with Crippen molar-refractivity contribution in [2.75, 3.05) is 13.1 Å². The van der Waals surface area contributed by atoms with E-state index in [0.29, 0.717) is 18.0 Å². The van der Waals surface area contributed by atoms with Crippen LogP contribution in [-0.2, 0) is 4.79 Å². The first-order valence-electron chi connectivity index (χ1n) is 8.94. The number of hydrogen-bond donors (Lipinski definition) is 2. The molecule has 4 heteroatoms. The third-order valence-corrected chi connectivity index (χ3v) is 6.27. The minimum Gasteiger partial charge on any atom is -0.480 e. The maximum absolute atomic E-state index is 12.1. The fourth-order valence-electron chi connectivity index (χ4n) is 4.78. The van der Waals surface area contributed by atoms with E-state index in [0.717, 1.165) is 44.7 Å². The highest BCUT2D eigenvalue weighted by atomic mass is 16.4. The first-order valence-corrected chi connectivity index (χ1v) is 8.94. The van der Waals surface area contributed by atoms with Gasteiger partial charge in [0.1, 0.15) is 5.54 Å². The molecule has 4 aliphatic rings. The van der Waals surface area contributed by atoms with E-state index in [-0.39, 0.29) is 0 Å². The maximum atomic E-state index is 12.1. The van der Waals surface area contributed by atoms with Gasteiger partial charge in [0.25, 0.3) is 0 Å². The summed E-state index contributed by atoms with van der Waals surface area (Å²) >= 11 is 0. The molecule has 0 amide bonds. The van der Waals surface area contributed by atoms with E-state index in [1.54, 1.807) is 0 Å². The Labute approximate surface area is 127 Å². The molecule has 0 spiro atoms. The zero-order valence-electron chi connectivity index (χ0n) is 12.9. The first kappa shape index (κ1) is 14.0. The fraction of sp³-hybridized carbons (Fsp3) is 0.941. The van der Waals surface area contributed by atoms with Gasteiger partial charge in [0.2, 0.25) is 0 Å². The van der Waals surface area contributed by atoms with E-state index in [2.05, 4.69) is 10.2 Å². The molecule has 0 radical (unpaired) electrons. The molecule has 21 heavy (non-hydrogen) atoms. The van der Waals surface area contributed by atoms with Gasteiger partial charge in [0.15, 0.2) is 0 Å². The van der Waals surface area contributed by atoms with Gasteiger partial charge in [0, 0.05) is 18.6 Å². The van der Waals surface area contributed by atoms with Crippen LogP contribution in [0.2, 0.25) is 0 Å². The summed E-state index contributed by atoms with van der Waals surface area (Å²) in [6, 6.07) is 1.13. The highest BCUT2D eigenvalue weighted by Gasteiger charge is 2.55. The largest absolute Gasteiger partial charge is 0.480 e. The van der Waals surface area contributed by atoms with Crippen molar-refractivity contribution in [2.45, 2.75) is 75.4 Å². The van der Waals surface area contributed by atoms with Crippen molar-refractivity contribution in [3.05, 3.63) is 0 Å². The Hall–Kier alpha value is -0.610. The molecule has 0 aromatic heterocycles. The Kier molecular flexibility index (Phi) is 3.49. The Morgan fingerprint density at radius 1 is 1.10 bits per heavy atom. The van der Waals surface area contributed by atoms with Crippen LogP contribution in [0.1, 0.15) is 57.8 Å². The Bertz CT molecular complexity index is 419. The van der Waals surface area contributed by atoms with Gasteiger partial charge in [0.05, 0.1) is 0 Å². The quantitative estimate of drug-likeness (QED) is 0.788. The van der Waals surface area contributed by atoms with Crippen molar-refractivity contribution >= 4 is 5.97 Å². The van der Waals surface area contributed by atoms with Gasteiger partial charge in [-0.3, -0.25) is 15.0 Å². The molecule has 4 rings (SSSR count). The van der Waals surface area contributed by atoms with Crippen LogP contribution in [0.15, 0.2) is 0 Å². The number of fused-ring (bicyclic) bond motifs is 1. The molecule has 4 fully saturated rings. The van der Waals surface area contributed by atoms with Crippen LogP contribution in [0.25, 0.3) is 0 Å². The maximum Gasteiger partial charge on any atom is 0.325 e. The second-order valence-corrected chi connectivity index (χ2v) is 7.84. The third kappa shape index (κ3) is 2.61. The van der Waals surface area contributed by atoms with Gasteiger partial charge >= 0.3 is 5.97 Å². The second kappa shape index (κ2) is 5.24. The standard InChI is InChI=1S/C17H28N2O2/c20-16(21)17(13-5-6-13,18-14-7-8-14)11-19-10-9-12-3-1-2-4-15(12)19/h12-15,18H,1-11H2,(H,20,21). The van der Waals surface area contributed by atoms with Crippen LogP contribution >= 0.6 is 0 Å². The SMILES string of the molecule is O=C(O)C(CN1CCC2CCCCC21)(NC1CC1)C1CC1. The molecule has 3 atom stereocenters. The van der Waals surface area contributed by atoms with Crippen molar-refractivity contribution in [2.24, 2.45) is 11.8 Å². The average molecular weight is 292 g/mol. The third-order valence-electron chi connectivity index (χ3n) is 6.27. The van der Waals surface area contributed by atoms with Gasteiger partial charge in [-0.1, -0.05) is 12.8 Å². The molecule has 3 saturated carbocycles. The van der Waals surface area contributed by atoms with E-state index >= 15 is 0 Å². The van der Waals surface area contributed by atoms with Crippen molar-refractivity contribution in [1.82, 2.24) is 10.2 Å². The Balaban J connectivity index is 1.52. The summed E-state index contributed by atoms with van der Waals surface area (Å²) in [5.41, 5.74) is -0.659. The molecule has 1 aliphatic heterocycles. The van der Waals surface area contributed by atoms with E-state index in [4.69, 9.17) is 0 Å². The molecule has 1 heterocycles. The summed E-state index contributed by atoms with van der Waals surface area (Å²) < 4.78 is 0. The van der Waals surface area contributed by atoms with Gasteiger partial charge in [-0.15, -0.1) is 0 Å². The lowest BCUT2D eigenvalue weighted by atomic mass is 9.84.